The average Bonchev–Trinajstić information content (AvgIpc) is 3.21. The fourth-order valence-electron chi connectivity index (χ4n) is 2.75. The lowest BCUT2D eigenvalue weighted by Gasteiger charge is -2.13. The van der Waals surface area contributed by atoms with E-state index in [4.69, 9.17) is 19.9 Å². The van der Waals surface area contributed by atoms with Gasteiger partial charge in [-0.2, -0.15) is 5.10 Å². The van der Waals surface area contributed by atoms with Crippen LogP contribution in [0.5, 0.6) is 17.2 Å². The molecule has 8 nitrogen and oxygen atoms in total. The first-order valence-corrected chi connectivity index (χ1v) is 9.00. The van der Waals surface area contributed by atoms with Gasteiger partial charge in [-0.25, -0.2) is 4.98 Å². The molecule has 0 fully saturated rings. The zero-order valence-electron chi connectivity index (χ0n) is 16.2. The van der Waals surface area contributed by atoms with E-state index in [1.54, 1.807) is 14.2 Å². The monoisotopic (exact) mass is 383 g/mol. The number of hydrogen-bond acceptors (Lipinski definition) is 7. The van der Waals surface area contributed by atoms with Crippen molar-refractivity contribution >= 4 is 5.69 Å². The van der Waals surface area contributed by atoms with Crippen LogP contribution in [0.4, 0.5) is 5.69 Å². The Morgan fingerprint density at radius 1 is 1.11 bits per heavy atom. The number of rotatable bonds is 9. The summed E-state index contributed by atoms with van der Waals surface area (Å²) in [5.41, 5.74) is 8.12. The third-order valence-corrected chi connectivity index (χ3v) is 4.20. The van der Waals surface area contributed by atoms with Crippen molar-refractivity contribution in [2.75, 3.05) is 26.1 Å². The van der Waals surface area contributed by atoms with Gasteiger partial charge in [0.15, 0.2) is 17.3 Å². The van der Waals surface area contributed by atoms with Crippen LogP contribution in [0.1, 0.15) is 30.2 Å². The third-order valence-electron chi connectivity index (χ3n) is 4.20. The van der Waals surface area contributed by atoms with Crippen molar-refractivity contribution in [3.63, 3.8) is 0 Å². The SMILES string of the molecule is CCOc1cc(C(N)c2n[nH]c(CNc3cccc(OC)c3)n2)ccc1OC. The first-order valence-electron chi connectivity index (χ1n) is 9.00. The molecule has 0 aliphatic heterocycles. The lowest BCUT2D eigenvalue weighted by molar-refractivity contribution is 0.310. The molecular formula is C20H25N5O3. The number of hydrogen-bond donors (Lipinski definition) is 3. The molecule has 0 spiro atoms. The number of aromatic amines is 1. The molecule has 1 atom stereocenters. The first kappa shape index (κ1) is 19.5. The lowest BCUT2D eigenvalue weighted by atomic mass is 10.1. The van der Waals surface area contributed by atoms with E-state index in [1.165, 1.54) is 0 Å². The van der Waals surface area contributed by atoms with Gasteiger partial charge in [-0.1, -0.05) is 12.1 Å². The Morgan fingerprint density at radius 3 is 2.71 bits per heavy atom. The van der Waals surface area contributed by atoms with Gasteiger partial charge < -0.3 is 25.3 Å². The van der Waals surface area contributed by atoms with Crippen LogP contribution in [0.3, 0.4) is 0 Å². The second-order valence-corrected chi connectivity index (χ2v) is 6.05. The molecule has 0 aliphatic carbocycles. The first-order chi connectivity index (χ1) is 13.6. The molecule has 3 rings (SSSR count). The maximum atomic E-state index is 6.35. The highest BCUT2D eigenvalue weighted by molar-refractivity contribution is 5.48. The Kier molecular flexibility index (Phi) is 6.33. The number of benzene rings is 2. The molecule has 3 aromatic rings. The molecule has 0 radical (unpaired) electrons. The minimum Gasteiger partial charge on any atom is -0.497 e. The Morgan fingerprint density at radius 2 is 1.96 bits per heavy atom. The van der Waals surface area contributed by atoms with E-state index in [2.05, 4.69) is 20.5 Å². The maximum Gasteiger partial charge on any atom is 0.171 e. The zero-order valence-corrected chi connectivity index (χ0v) is 16.2. The summed E-state index contributed by atoms with van der Waals surface area (Å²) < 4.78 is 16.2. The minimum absolute atomic E-state index is 0.480. The van der Waals surface area contributed by atoms with Crippen LogP contribution in [0.25, 0.3) is 0 Å². The molecule has 1 heterocycles. The Hall–Kier alpha value is -3.26. The quantitative estimate of drug-likeness (QED) is 0.521. The van der Waals surface area contributed by atoms with Crippen LogP contribution >= 0.6 is 0 Å². The normalized spacial score (nSPS) is 11.7. The topological polar surface area (TPSA) is 107 Å². The highest BCUT2D eigenvalue weighted by Crippen LogP contribution is 2.31. The van der Waals surface area contributed by atoms with E-state index >= 15 is 0 Å². The average molecular weight is 383 g/mol. The Bertz CT molecular complexity index is 912. The van der Waals surface area contributed by atoms with Crippen molar-refractivity contribution in [3.8, 4) is 17.2 Å². The molecule has 0 saturated carbocycles. The molecule has 0 aliphatic rings. The van der Waals surface area contributed by atoms with Crippen molar-refractivity contribution in [1.82, 2.24) is 15.2 Å². The number of aromatic nitrogens is 3. The predicted octanol–water partition coefficient (Wildman–Crippen LogP) is 2.88. The van der Waals surface area contributed by atoms with Crippen molar-refractivity contribution < 1.29 is 14.2 Å². The molecule has 28 heavy (non-hydrogen) atoms. The maximum absolute atomic E-state index is 6.35. The van der Waals surface area contributed by atoms with Gasteiger partial charge >= 0.3 is 0 Å². The second kappa shape index (κ2) is 9.09. The summed E-state index contributed by atoms with van der Waals surface area (Å²) in [6.07, 6.45) is 0. The fourth-order valence-corrected chi connectivity index (χ4v) is 2.75. The summed E-state index contributed by atoms with van der Waals surface area (Å²) in [6, 6.07) is 12.8. The van der Waals surface area contributed by atoms with Gasteiger partial charge in [0.2, 0.25) is 0 Å². The van der Waals surface area contributed by atoms with E-state index < -0.39 is 6.04 Å². The van der Waals surface area contributed by atoms with Gasteiger partial charge in [-0.05, 0) is 36.8 Å². The largest absolute Gasteiger partial charge is 0.497 e. The van der Waals surface area contributed by atoms with Crippen molar-refractivity contribution in [3.05, 3.63) is 59.7 Å². The number of anilines is 1. The molecule has 1 unspecified atom stereocenters. The summed E-state index contributed by atoms with van der Waals surface area (Å²) in [6.45, 7) is 2.94. The summed E-state index contributed by atoms with van der Waals surface area (Å²) in [5.74, 6) is 3.29. The minimum atomic E-state index is -0.480. The van der Waals surface area contributed by atoms with Gasteiger partial charge in [0, 0.05) is 11.8 Å². The molecule has 148 valence electrons. The van der Waals surface area contributed by atoms with E-state index in [0.29, 0.717) is 36.3 Å². The van der Waals surface area contributed by atoms with Crippen molar-refractivity contribution in [2.24, 2.45) is 5.73 Å². The van der Waals surface area contributed by atoms with Crippen LogP contribution in [-0.2, 0) is 6.54 Å². The van der Waals surface area contributed by atoms with Crippen LogP contribution in [-0.4, -0.2) is 36.0 Å². The van der Waals surface area contributed by atoms with Gasteiger partial charge in [0.1, 0.15) is 11.6 Å². The smallest absolute Gasteiger partial charge is 0.171 e. The van der Waals surface area contributed by atoms with Gasteiger partial charge in [0.05, 0.1) is 33.4 Å². The Balaban J connectivity index is 1.69. The van der Waals surface area contributed by atoms with Crippen LogP contribution < -0.4 is 25.3 Å². The fraction of sp³-hybridized carbons (Fsp3) is 0.300. The number of nitrogens with one attached hydrogen (secondary N) is 2. The van der Waals surface area contributed by atoms with Crippen LogP contribution in [0.15, 0.2) is 42.5 Å². The summed E-state index contributed by atoms with van der Waals surface area (Å²) >= 11 is 0. The number of H-pyrrole nitrogens is 1. The molecular weight excluding hydrogens is 358 g/mol. The molecule has 1 aromatic heterocycles. The number of ether oxygens (including phenoxy) is 3. The molecule has 4 N–H and O–H groups in total. The molecule has 2 aromatic carbocycles. The molecule has 0 saturated heterocycles. The van der Waals surface area contributed by atoms with E-state index in [9.17, 15) is 0 Å². The summed E-state index contributed by atoms with van der Waals surface area (Å²) in [4.78, 5) is 4.50. The molecule has 0 amide bonds. The summed E-state index contributed by atoms with van der Waals surface area (Å²) in [5, 5.41) is 10.5. The van der Waals surface area contributed by atoms with Crippen molar-refractivity contribution in [1.29, 1.82) is 0 Å². The van der Waals surface area contributed by atoms with Crippen LogP contribution in [0.2, 0.25) is 0 Å². The summed E-state index contributed by atoms with van der Waals surface area (Å²) in [7, 11) is 3.24. The van der Waals surface area contributed by atoms with E-state index in [-0.39, 0.29) is 0 Å². The lowest BCUT2D eigenvalue weighted by Crippen LogP contribution is -2.14. The second-order valence-electron chi connectivity index (χ2n) is 6.05. The zero-order chi connectivity index (χ0) is 19.9. The third kappa shape index (κ3) is 4.52. The number of methoxy groups -OCH3 is 2. The molecule has 8 heteroatoms. The number of nitrogens with two attached hydrogens (primary N) is 1. The van der Waals surface area contributed by atoms with E-state index in [1.807, 2.05) is 49.4 Å². The van der Waals surface area contributed by atoms with Gasteiger partial charge in [0.25, 0.3) is 0 Å². The number of nitrogens with zero attached hydrogens (tertiary/aromatic N) is 2. The van der Waals surface area contributed by atoms with Crippen molar-refractivity contribution in [2.45, 2.75) is 19.5 Å². The predicted molar refractivity (Wildman–Crippen MR) is 107 cm³/mol. The Labute approximate surface area is 164 Å². The molecule has 0 bridgehead atoms. The van der Waals surface area contributed by atoms with E-state index in [0.717, 1.165) is 17.0 Å². The van der Waals surface area contributed by atoms with Gasteiger partial charge in [-0.15, -0.1) is 0 Å². The highest BCUT2D eigenvalue weighted by Gasteiger charge is 2.17. The standard InChI is InChI=1S/C20H25N5O3/c1-4-28-17-10-13(8-9-16(17)27-3)19(21)20-23-18(24-25-20)12-22-14-6-5-7-15(11-14)26-2/h5-11,19,22H,4,12,21H2,1-3H3,(H,23,24,25). The van der Waals surface area contributed by atoms with Crippen LogP contribution in [0, 0.1) is 0 Å². The highest BCUT2D eigenvalue weighted by atomic mass is 16.5. The van der Waals surface area contributed by atoms with Gasteiger partial charge in [-0.3, -0.25) is 5.10 Å².